The average molecular weight is 267 g/mol. The van der Waals surface area contributed by atoms with Crippen molar-refractivity contribution in [2.24, 2.45) is 5.41 Å². The molecule has 0 rings (SSSR count). The standard InChI is InChI=1S/C9H17NO6S/c1-4-9(2,3)7(11)16-6-5-10-8(12)17(13,14)15/h4-6H2,1-3H3,(H,10,12)(H,13,14,15). The van der Waals surface area contributed by atoms with Gasteiger partial charge in [0.05, 0.1) is 12.0 Å². The molecule has 0 spiro atoms. The molecule has 0 aromatic heterocycles. The molecule has 17 heavy (non-hydrogen) atoms. The molecule has 0 bridgehead atoms. The molecule has 0 heterocycles. The maximum Gasteiger partial charge on any atom is 0.363 e. The van der Waals surface area contributed by atoms with Gasteiger partial charge in [0.15, 0.2) is 0 Å². The average Bonchev–Trinajstić information content (AvgIpc) is 2.22. The molecule has 100 valence electrons. The molecule has 0 aliphatic rings. The second kappa shape index (κ2) is 5.97. The Bertz CT molecular complexity index is 386. The first-order valence-corrected chi connectivity index (χ1v) is 6.48. The van der Waals surface area contributed by atoms with Crippen molar-refractivity contribution in [3.8, 4) is 0 Å². The summed E-state index contributed by atoms with van der Waals surface area (Å²) in [7, 11) is -4.73. The third-order valence-electron chi connectivity index (χ3n) is 2.28. The highest BCUT2D eigenvalue weighted by Gasteiger charge is 2.27. The van der Waals surface area contributed by atoms with Crippen LogP contribution >= 0.6 is 0 Å². The van der Waals surface area contributed by atoms with Crippen molar-refractivity contribution in [1.29, 1.82) is 0 Å². The van der Waals surface area contributed by atoms with Crippen molar-refractivity contribution in [3.05, 3.63) is 0 Å². The molecule has 7 nitrogen and oxygen atoms in total. The summed E-state index contributed by atoms with van der Waals surface area (Å²) in [5.74, 6) is -0.430. The number of ether oxygens (including phenoxy) is 1. The molecule has 0 aromatic rings. The number of carbonyl (C=O) groups excluding carboxylic acids is 2. The summed E-state index contributed by atoms with van der Waals surface area (Å²) < 4.78 is 33.7. The zero-order valence-electron chi connectivity index (χ0n) is 10.0. The largest absolute Gasteiger partial charge is 0.463 e. The smallest absolute Gasteiger partial charge is 0.363 e. The normalized spacial score (nSPS) is 12.0. The lowest BCUT2D eigenvalue weighted by Gasteiger charge is -2.20. The van der Waals surface area contributed by atoms with Gasteiger partial charge < -0.3 is 10.1 Å². The summed E-state index contributed by atoms with van der Waals surface area (Å²) >= 11 is 0. The van der Waals surface area contributed by atoms with Crippen LogP contribution in [0.1, 0.15) is 27.2 Å². The molecule has 0 atom stereocenters. The van der Waals surface area contributed by atoms with Crippen LogP contribution in [-0.2, 0) is 19.6 Å². The number of esters is 1. The fraction of sp³-hybridized carbons (Fsp3) is 0.778. The SMILES string of the molecule is CCC(C)(C)C(=O)OCCNC(=O)S(=O)(=O)O. The van der Waals surface area contributed by atoms with Crippen LogP contribution in [0.5, 0.6) is 0 Å². The maximum absolute atomic E-state index is 11.4. The van der Waals surface area contributed by atoms with Gasteiger partial charge in [0, 0.05) is 0 Å². The van der Waals surface area contributed by atoms with E-state index < -0.39 is 26.7 Å². The molecule has 0 aliphatic carbocycles. The summed E-state index contributed by atoms with van der Waals surface area (Å²) in [5.41, 5.74) is -0.618. The number of nitrogens with one attached hydrogen (secondary N) is 1. The minimum absolute atomic E-state index is 0.149. The van der Waals surface area contributed by atoms with Gasteiger partial charge >= 0.3 is 21.3 Å². The van der Waals surface area contributed by atoms with Gasteiger partial charge in [-0.25, -0.2) is 0 Å². The van der Waals surface area contributed by atoms with Gasteiger partial charge in [-0.2, -0.15) is 8.42 Å². The van der Waals surface area contributed by atoms with Crippen LogP contribution in [0.3, 0.4) is 0 Å². The minimum atomic E-state index is -4.73. The van der Waals surface area contributed by atoms with E-state index in [-0.39, 0.29) is 13.2 Å². The fourth-order valence-corrected chi connectivity index (χ4v) is 1.01. The third kappa shape index (κ3) is 5.64. The first-order chi connectivity index (χ1) is 7.61. The number of rotatable bonds is 5. The molecular weight excluding hydrogens is 250 g/mol. The maximum atomic E-state index is 11.4. The lowest BCUT2D eigenvalue weighted by Crippen LogP contribution is -2.34. The Hall–Kier alpha value is -1.15. The van der Waals surface area contributed by atoms with Crippen LogP contribution in [0.15, 0.2) is 0 Å². The highest BCUT2D eigenvalue weighted by molar-refractivity contribution is 8.01. The molecule has 0 aliphatic heterocycles. The molecule has 8 heteroatoms. The Morgan fingerprint density at radius 1 is 1.35 bits per heavy atom. The molecule has 0 aromatic carbocycles. The monoisotopic (exact) mass is 267 g/mol. The molecule has 1 amide bonds. The summed E-state index contributed by atoms with van der Waals surface area (Å²) in [6.07, 6.45) is 0.600. The van der Waals surface area contributed by atoms with Gasteiger partial charge in [-0.05, 0) is 20.3 Å². The second-order valence-corrected chi connectivity index (χ2v) is 5.38. The highest BCUT2D eigenvalue weighted by Crippen LogP contribution is 2.21. The molecule has 0 fully saturated rings. The second-order valence-electron chi connectivity index (χ2n) is 4.06. The van der Waals surface area contributed by atoms with E-state index in [4.69, 9.17) is 9.29 Å². The molecule has 2 N–H and O–H groups in total. The molecular formula is C9H17NO6S. The van der Waals surface area contributed by atoms with Crippen LogP contribution < -0.4 is 5.32 Å². The van der Waals surface area contributed by atoms with Gasteiger partial charge in [0.1, 0.15) is 6.61 Å². The van der Waals surface area contributed by atoms with E-state index in [0.717, 1.165) is 0 Å². The Labute approximate surface area is 100 Å². The van der Waals surface area contributed by atoms with Gasteiger partial charge in [0.2, 0.25) is 0 Å². The number of amides is 1. The molecule has 0 unspecified atom stereocenters. The van der Waals surface area contributed by atoms with E-state index in [1.807, 2.05) is 12.2 Å². The van der Waals surface area contributed by atoms with Gasteiger partial charge in [-0.1, -0.05) is 6.92 Å². The predicted molar refractivity (Wildman–Crippen MR) is 60.0 cm³/mol. The van der Waals surface area contributed by atoms with E-state index in [2.05, 4.69) is 0 Å². The molecule has 0 radical (unpaired) electrons. The van der Waals surface area contributed by atoms with Crippen LogP contribution in [0, 0.1) is 5.41 Å². The first-order valence-electron chi connectivity index (χ1n) is 5.04. The first kappa shape index (κ1) is 15.9. The Morgan fingerprint density at radius 3 is 2.29 bits per heavy atom. The van der Waals surface area contributed by atoms with Crippen LogP contribution in [0.2, 0.25) is 0 Å². The lowest BCUT2D eigenvalue weighted by atomic mass is 9.91. The Balaban J connectivity index is 3.96. The Kier molecular flexibility index (Phi) is 5.56. The summed E-state index contributed by atoms with van der Waals surface area (Å²) in [6, 6.07) is 0. The fourth-order valence-electron chi connectivity index (χ4n) is 0.728. The zero-order valence-corrected chi connectivity index (χ0v) is 10.8. The van der Waals surface area contributed by atoms with Crippen molar-refractivity contribution in [2.45, 2.75) is 27.2 Å². The molecule has 0 saturated carbocycles. The number of carbonyl (C=O) groups is 2. The van der Waals surface area contributed by atoms with E-state index in [1.165, 1.54) is 0 Å². The van der Waals surface area contributed by atoms with Crippen molar-refractivity contribution in [1.82, 2.24) is 5.32 Å². The van der Waals surface area contributed by atoms with Gasteiger partial charge in [0.25, 0.3) is 0 Å². The van der Waals surface area contributed by atoms with Crippen LogP contribution in [0.25, 0.3) is 0 Å². The van der Waals surface area contributed by atoms with Crippen molar-refractivity contribution in [3.63, 3.8) is 0 Å². The van der Waals surface area contributed by atoms with Crippen molar-refractivity contribution >= 4 is 21.3 Å². The number of hydrogen-bond donors (Lipinski definition) is 2. The van der Waals surface area contributed by atoms with Crippen molar-refractivity contribution < 1.29 is 27.3 Å². The van der Waals surface area contributed by atoms with E-state index in [0.29, 0.717) is 6.42 Å². The van der Waals surface area contributed by atoms with Crippen molar-refractivity contribution in [2.75, 3.05) is 13.2 Å². The zero-order chi connectivity index (χ0) is 13.7. The minimum Gasteiger partial charge on any atom is -0.463 e. The summed E-state index contributed by atoms with van der Waals surface area (Å²) in [6.45, 7) is 4.94. The lowest BCUT2D eigenvalue weighted by molar-refractivity contribution is -0.153. The predicted octanol–water partition coefficient (Wildman–Crippen LogP) is 0.563. The topological polar surface area (TPSA) is 110 Å². The van der Waals surface area contributed by atoms with Gasteiger partial charge in [-0.3, -0.25) is 14.1 Å². The van der Waals surface area contributed by atoms with Crippen LogP contribution in [-0.4, -0.2) is 37.3 Å². The van der Waals surface area contributed by atoms with Gasteiger partial charge in [-0.15, -0.1) is 0 Å². The quantitative estimate of drug-likeness (QED) is 0.428. The third-order valence-corrected chi connectivity index (χ3v) is 2.89. The Morgan fingerprint density at radius 2 is 1.88 bits per heavy atom. The van der Waals surface area contributed by atoms with Crippen LogP contribution in [0.4, 0.5) is 4.79 Å². The van der Waals surface area contributed by atoms with E-state index >= 15 is 0 Å². The highest BCUT2D eigenvalue weighted by atomic mass is 32.2. The van der Waals surface area contributed by atoms with E-state index in [9.17, 15) is 18.0 Å². The summed E-state index contributed by atoms with van der Waals surface area (Å²) in [5, 5.41) is 0.382. The van der Waals surface area contributed by atoms with E-state index in [1.54, 1.807) is 13.8 Å². The number of hydrogen-bond acceptors (Lipinski definition) is 5. The molecule has 0 saturated heterocycles. The summed E-state index contributed by atoms with van der Waals surface area (Å²) in [4.78, 5) is 22.1.